The van der Waals surface area contributed by atoms with Crippen molar-refractivity contribution in [2.24, 2.45) is 34.0 Å². The highest BCUT2D eigenvalue weighted by atomic mass is 16.7. The third-order valence-electron chi connectivity index (χ3n) is 17.8. The Morgan fingerprint density at radius 1 is 0.517 bits per heavy atom. The molecule has 32 nitrogen and oxygen atoms in total. The van der Waals surface area contributed by atoms with Crippen LogP contribution >= 0.6 is 0 Å². The van der Waals surface area contributed by atoms with Crippen molar-refractivity contribution < 1.29 is 161 Å². The Labute approximate surface area is 512 Å². The molecule has 514 valence electrons. The second kappa shape index (κ2) is 33.6. The highest BCUT2D eigenvalue weighted by molar-refractivity contribution is 5.77. The van der Waals surface area contributed by atoms with E-state index in [4.69, 9.17) is 38.6 Å². The van der Waals surface area contributed by atoms with Crippen molar-refractivity contribution in [3.8, 4) is 0 Å². The average molecular weight is 1290 g/mol. The van der Waals surface area contributed by atoms with Gasteiger partial charge in [0.25, 0.3) is 18.9 Å². The summed E-state index contributed by atoms with van der Waals surface area (Å²) < 4.78 is 33.7. The predicted molar refractivity (Wildman–Crippen MR) is 300 cm³/mol. The van der Waals surface area contributed by atoms with Crippen LogP contribution in [0.4, 0.5) is 0 Å². The van der Waals surface area contributed by atoms with Gasteiger partial charge in [-0.15, -0.1) is 0 Å². The van der Waals surface area contributed by atoms with Gasteiger partial charge in [0.2, 0.25) is 29.9 Å². The van der Waals surface area contributed by atoms with Gasteiger partial charge in [0, 0.05) is 71.1 Å². The summed E-state index contributed by atoms with van der Waals surface area (Å²) in [6, 6.07) is 0. The number of rotatable bonds is 33. The molecule has 0 aliphatic heterocycles. The maximum Gasteiger partial charge on any atom is 0.314 e. The molecule has 21 atom stereocenters. The summed E-state index contributed by atoms with van der Waals surface area (Å²) in [6.07, 6.45) is -33.1. The van der Waals surface area contributed by atoms with Gasteiger partial charge in [-0.3, -0.25) is 4.79 Å². The number of fused-ring (bicyclic) bond motifs is 3. The van der Waals surface area contributed by atoms with Gasteiger partial charge in [0.1, 0.15) is 48.8 Å². The van der Waals surface area contributed by atoms with Crippen molar-refractivity contribution in [2.75, 3.05) is 39.6 Å². The molecule has 17 unspecified atom stereocenters. The van der Waals surface area contributed by atoms with Crippen LogP contribution in [0.2, 0.25) is 0 Å². The van der Waals surface area contributed by atoms with Crippen molar-refractivity contribution in [1.82, 2.24) is 0 Å². The Morgan fingerprint density at radius 2 is 1.01 bits per heavy atom. The molecule has 0 amide bonds. The van der Waals surface area contributed by atoms with Crippen LogP contribution in [-0.4, -0.2) is 266 Å². The fourth-order valence-corrected chi connectivity index (χ4v) is 12.9. The van der Waals surface area contributed by atoms with Gasteiger partial charge in [0.05, 0.1) is 24.2 Å². The van der Waals surface area contributed by atoms with E-state index in [-0.39, 0.29) is 31.6 Å². The van der Waals surface area contributed by atoms with E-state index in [1.807, 2.05) is 13.8 Å². The summed E-state index contributed by atoms with van der Waals surface area (Å²) >= 11 is 0. The normalized spacial score (nSPS) is 32.3. The van der Waals surface area contributed by atoms with Crippen LogP contribution in [0.1, 0.15) is 111 Å². The predicted octanol–water partition coefficient (Wildman–Crippen LogP) is -2.31. The molecular formula is C57H94O32. The molecular weight excluding hydrogens is 1200 g/mol. The molecule has 4 rings (SSSR count). The minimum atomic E-state index is -2.81. The molecule has 0 spiro atoms. The number of esters is 1. The third kappa shape index (κ3) is 18.2. The van der Waals surface area contributed by atoms with Gasteiger partial charge in [-0.25, -0.2) is 0 Å². The zero-order valence-corrected chi connectivity index (χ0v) is 49.8. The van der Waals surface area contributed by atoms with Gasteiger partial charge < -0.3 is 156 Å². The summed E-state index contributed by atoms with van der Waals surface area (Å²) in [4.78, 5) is 14.6. The second-order valence-electron chi connectivity index (χ2n) is 23.9. The number of hydrogen-bond acceptors (Lipinski definition) is 32. The number of hydrogen-bond donors (Lipinski definition) is 25. The fourth-order valence-electron chi connectivity index (χ4n) is 12.9. The molecule has 0 aromatic carbocycles. The highest BCUT2D eigenvalue weighted by Gasteiger charge is 2.63. The Balaban J connectivity index is 1.77. The van der Waals surface area contributed by atoms with Crippen molar-refractivity contribution in [3.05, 3.63) is 69.7 Å². The molecule has 4 aliphatic carbocycles. The van der Waals surface area contributed by atoms with Gasteiger partial charge in [0.15, 0.2) is 40.3 Å². The van der Waals surface area contributed by atoms with Crippen LogP contribution in [0.5, 0.6) is 0 Å². The first kappa shape index (κ1) is 76.6. The lowest BCUT2D eigenvalue weighted by atomic mass is 9.42. The van der Waals surface area contributed by atoms with Gasteiger partial charge >= 0.3 is 5.97 Å². The first-order chi connectivity index (χ1) is 41.7. The molecule has 4 fully saturated rings. The topological polar surface area (TPSA) is 578 Å². The SMILES string of the molecule is C=C1C[C@@]2(C)CCC3[C@](C)(C(=O)OC(O)/C(OC(O)/C(O)=C(\O)C(O)CCO)=C(/O)C(O)CCO)CCC[C@@]3(C)[C@@H]2CCC1OC(O)/C(OC1CC(CO)C(O)C(O)C1O)=C(\OC(O)/C(O)=C(/O)C(O)CCO)C(O)CCOC(O)/C(O)=C(\O)C(O)CCO. The van der Waals surface area contributed by atoms with Gasteiger partial charge in [-0.1, -0.05) is 26.8 Å². The quantitative estimate of drug-likeness (QED) is 0.0142. The van der Waals surface area contributed by atoms with Crippen LogP contribution in [0, 0.1) is 34.0 Å². The molecule has 4 saturated carbocycles. The minimum Gasteiger partial charge on any atom is -0.506 e. The van der Waals surface area contributed by atoms with Crippen molar-refractivity contribution >= 4 is 5.97 Å². The first-order valence-corrected chi connectivity index (χ1v) is 29.2. The summed E-state index contributed by atoms with van der Waals surface area (Å²) in [5.41, 5.74) is -2.48. The largest absolute Gasteiger partial charge is 0.506 e. The Bertz CT molecular complexity index is 2460. The van der Waals surface area contributed by atoms with E-state index in [1.54, 1.807) is 6.92 Å². The third-order valence-corrected chi connectivity index (χ3v) is 17.8. The summed E-state index contributed by atoms with van der Waals surface area (Å²) in [5.74, 6) is -15.9. The average Bonchev–Trinajstić information content (AvgIpc) is 1.60. The van der Waals surface area contributed by atoms with Gasteiger partial charge in [-0.2, -0.15) is 0 Å². The van der Waals surface area contributed by atoms with Crippen molar-refractivity contribution in [1.29, 1.82) is 0 Å². The molecule has 0 aromatic heterocycles. The van der Waals surface area contributed by atoms with Gasteiger partial charge in [-0.05, 0) is 86.5 Å². The minimum absolute atomic E-state index is 0.0242. The molecule has 0 saturated heterocycles. The maximum atomic E-state index is 14.6. The van der Waals surface area contributed by atoms with Crippen LogP contribution in [0.15, 0.2) is 69.7 Å². The smallest absolute Gasteiger partial charge is 0.314 e. The molecule has 89 heavy (non-hydrogen) atoms. The van der Waals surface area contributed by atoms with Crippen LogP contribution < -0.4 is 0 Å². The molecule has 4 aliphatic rings. The van der Waals surface area contributed by atoms with E-state index >= 15 is 0 Å². The Kier molecular flexibility index (Phi) is 28.9. The standard InChI is InChI=1S/C57H94O32/c1-25-23-55(2)16-8-35-56(3,14-5-15-57(35,4)54(83)89-52(81)47(40(72)30(66)12-20-61)88-51(80)45(77)39(71)29(65)11-19-60)34(55)7-6-32(25)86-53(82)48(85-33-22-26(24-62)36(68)42(74)41(33)73)46(87-50(79)44(76)38(70)28(64)10-18-59)31(67)13-21-84-49(78)43(75)37(69)27(63)9-17-58/h26-36,41-42,49-53,58-82H,1,5-24H2,2-4H3/b43-37+,44-38-,45-39+,47-40-,48-46+/t26?,27?,28?,29?,30?,31?,32?,33?,34-,35?,36?,41?,42?,49?,50?,51?,52?,53?,55-,56+,57-/m1/s1. The van der Waals surface area contributed by atoms with E-state index in [2.05, 4.69) is 6.58 Å². The second-order valence-corrected chi connectivity index (χ2v) is 23.9. The molecule has 25 N–H and O–H groups in total. The maximum absolute atomic E-state index is 14.6. The number of aliphatic hydroxyl groups is 25. The zero-order valence-electron chi connectivity index (χ0n) is 49.8. The van der Waals surface area contributed by atoms with E-state index < -0.39 is 262 Å². The van der Waals surface area contributed by atoms with Crippen molar-refractivity contribution in [2.45, 2.75) is 203 Å². The van der Waals surface area contributed by atoms with Crippen molar-refractivity contribution in [3.63, 3.8) is 0 Å². The number of carbonyl (C=O) groups is 1. The van der Waals surface area contributed by atoms with E-state index in [1.165, 1.54) is 0 Å². The monoisotopic (exact) mass is 1290 g/mol. The zero-order chi connectivity index (χ0) is 67.2. The lowest BCUT2D eigenvalue weighted by Crippen LogP contribution is -2.57. The lowest BCUT2D eigenvalue weighted by molar-refractivity contribution is -0.205. The van der Waals surface area contributed by atoms with Crippen LogP contribution in [-0.2, 0) is 33.2 Å². The van der Waals surface area contributed by atoms with E-state index in [0.29, 0.717) is 31.3 Å². The summed E-state index contributed by atoms with van der Waals surface area (Å²) in [5, 5.41) is 262. The Morgan fingerprint density at radius 3 is 1.52 bits per heavy atom. The van der Waals surface area contributed by atoms with Crippen LogP contribution in [0.25, 0.3) is 0 Å². The summed E-state index contributed by atoms with van der Waals surface area (Å²) in [6.45, 7) is 5.41. The molecule has 0 radical (unpaired) electrons. The molecule has 0 heterocycles. The summed E-state index contributed by atoms with van der Waals surface area (Å²) in [7, 11) is 0. The van der Waals surface area contributed by atoms with E-state index in [0.717, 1.165) is 0 Å². The number of carbonyl (C=O) groups excluding carboxylic acids is 1. The number of ether oxygens (including phenoxy) is 6. The molecule has 0 bridgehead atoms. The highest BCUT2D eigenvalue weighted by Crippen LogP contribution is 2.67. The molecule has 32 heteroatoms. The van der Waals surface area contributed by atoms with Crippen LogP contribution in [0.3, 0.4) is 0 Å². The van der Waals surface area contributed by atoms with E-state index in [9.17, 15) is 122 Å². The number of aliphatic hydroxyl groups excluding tert-OH is 25. The Hall–Kier alpha value is -4.89. The fraction of sp³-hybridized carbons (Fsp3) is 0.772. The lowest BCUT2D eigenvalue weighted by Gasteiger charge is -2.62. The first-order valence-electron chi connectivity index (χ1n) is 29.2. The molecule has 0 aromatic rings.